The van der Waals surface area contributed by atoms with Crippen LogP contribution in [0.25, 0.3) is 0 Å². The Hall–Kier alpha value is -1.89. The summed E-state index contributed by atoms with van der Waals surface area (Å²) in [5.41, 5.74) is 0.193. The number of hydrogen-bond donors (Lipinski definition) is 0. The number of aromatic nitrogens is 3. The molecule has 0 aliphatic carbocycles. The molecule has 2 aromatic rings. The van der Waals surface area contributed by atoms with E-state index in [1.54, 1.807) is 20.9 Å². The van der Waals surface area contributed by atoms with Gasteiger partial charge >= 0.3 is 6.18 Å². The second kappa shape index (κ2) is 5.14. The van der Waals surface area contributed by atoms with E-state index in [0.717, 1.165) is 12.1 Å². The van der Waals surface area contributed by atoms with Crippen LogP contribution in [0.2, 0.25) is 5.15 Å². The molecule has 0 aliphatic heterocycles. The van der Waals surface area contributed by atoms with Crippen molar-refractivity contribution < 1.29 is 18.0 Å². The first-order chi connectivity index (χ1) is 9.62. The van der Waals surface area contributed by atoms with Crippen LogP contribution >= 0.6 is 11.6 Å². The van der Waals surface area contributed by atoms with E-state index in [-0.39, 0.29) is 5.56 Å². The Kier molecular flexibility index (Phi) is 3.79. The zero-order valence-corrected chi connectivity index (χ0v) is 12.2. The average Bonchev–Trinajstić information content (AvgIpc) is 2.61. The molecule has 0 aliphatic rings. The molecule has 0 saturated heterocycles. The van der Waals surface area contributed by atoms with Crippen LogP contribution in [-0.4, -0.2) is 20.5 Å². The first-order valence-electron chi connectivity index (χ1n) is 5.91. The number of halogens is 4. The molecular formula is C13H11ClF3N3O. The van der Waals surface area contributed by atoms with Gasteiger partial charge < -0.3 is 0 Å². The maximum atomic E-state index is 12.5. The number of carbonyl (C=O) groups is 1. The van der Waals surface area contributed by atoms with Crippen molar-refractivity contribution in [2.75, 3.05) is 0 Å². The Labute approximate surface area is 123 Å². The van der Waals surface area contributed by atoms with Crippen molar-refractivity contribution in [2.45, 2.75) is 20.0 Å². The van der Waals surface area contributed by atoms with Crippen molar-refractivity contribution in [1.82, 2.24) is 14.8 Å². The van der Waals surface area contributed by atoms with Crippen LogP contribution in [0.5, 0.6) is 0 Å². The van der Waals surface area contributed by atoms with Gasteiger partial charge in [0.15, 0.2) is 5.78 Å². The van der Waals surface area contributed by atoms with Crippen molar-refractivity contribution >= 4 is 17.4 Å². The van der Waals surface area contributed by atoms with E-state index in [9.17, 15) is 18.0 Å². The second-order valence-corrected chi connectivity index (χ2v) is 4.89. The molecule has 2 rings (SSSR count). The van der Waals surface area contributed by atoms with Gasteiger partial charge in [-0.1, -0.05) is 11.6 Å². The highest BCUT2D eigenvalue weighted by Crippen LogP contribution is 2.30. The molecule has 0 amide bonds. The third-order valence-corrected chi connectivity index (χ3v) is 3.41. The summed E-state index contributed by atoms with van der Waals surface area (Å²) in [5.74, 6) is -0.496. The minimum atomic E-state index is -4.61. The second-order valence-electron chi connectivity index (χ2n) is 4.53. The molecule has 8 heteroatoms. The minimum absolute atomic E-state index is 0.0798. The monoisotopic (exact) mass is 317 g/mol. The van der Waals surface area contributed by atoms with E-state index in [2.05, 4.69) is 10.1 Å². The van der Waals surface area contributed by atoms with Gasteiger partial charge in [-0.05, 0) is 26.0 Å². The molecule has 0 radical (unpaired) electrons. The van der Waals surface area contributed by atoms with Gasteiger partial charge in [0.2, 0.25) is 0 Å². The van der Waals surface area contributed by atoms with Gasteiger partial charge in [-0.25, -0.2) is 4.98 Å². The molecule has 0 atom stereocenters. The first kappa shape index (κ1) is 15.5. The summed E-state index contributed by atoms with van der Waals surface area (Å²) in [6, 6.07) is 1.77. The number of nitrogens with zero attached hydrogens (tertiary/aromatic N) is 3. The summed E-state index contributed by atoms with van der Waals surface area (Å²) >= 11 is 5.73. The van der Waals surface area contributed by atoms with Crippen LogP contribution in [0.3, 0.4) is 0 Å². The summed E-state index contributed by atoms with van der Waals surface area (Å²) in [6.07, 6.45) is -4.61. The summed E-state index contributed by atoms with van der Waals surface area (Å²) in [5, 5.41) is 3.62. The lowest BCUT2D eigenvalue weighted by molar-refractivity contribution is -0.141. The van der Waals surface area contributed by atoms with Crippen LogP contribution in [0.4, 0.5) is 13.2 Å². The lowest BCUT2D eigenvalue weighted by Crippen LogP contribution is -2.11. The zero-order chi connectivity index (χ0) is 15.9. The highest BCUT2D eigenvalue weighted by molar-refractivity contribution is 6.34. The number of ketones is 1. The minimum Gasteiger partial charge on any atom is -0.288 e. The molecule has 0 N–H and O–H groups in total. The third kappa shape index (κ3) is 2.78. The van der Waals surface area contributed by atoms with Crippen LogP contribution in [-0.2, 0) is 13.2 Å². The number of aryl methyl sites for hydroxylation is 2. The molecule has 0 bridgehead atoms. The molecule has 0 fully saturated rings. The fraction of sp³-hybridized carbons (Fsp3) is 0.308. The number of alkyl halides is 3. The van der Waals surface area contributed by atoms with Crippen molar-refractivity contribution in [3.8, 4) is 0 Å². The highest BCUT2D eigenvalue weighted by atomic mass is 35.5. The standard InChI is InChI=1S/C13H11ClF3N3O/c1-6-10(7(2)20(3)19-6)11(21)8-4-5-9(13(15,16)17)18-12(8)14/h4-5H,1-3H3. The zero-order valence-electron chi connectivity index (χ0n) is 11.4. The van der Waals surface area contributed by atoms with Gasteiger partial charge in [0.1, 0.15) is 10.8 Å². The van der Waals surface area contributed by atoms with Crippen LogP contribution in [0.15, 0.2) is 12.1 Å². The van der Waals surface area contributed by atoms with Crippen molar-refractivity contribution in [3.05, 3.63) is 45.5 Å². The Morgan fingerprint density at radius 2 is 1.90 bits per heavy atom. The van der Waals surface area contributed by atoms with Gasteiger partial charge in [0, 0.05) is 12.7 Å². The fourth-order valence-corrected chi connectivity index (χ4v) is 2.24. The molecule has 0 saturated carbocycles. The number of carbonyl (C=O) groups excluding carboxylic acids is 1. The Morgan fingerprint density at radius 3 is 2.33 bits per heavy atom. The van der Waals surface area contributed by atoms with Crippen LogP contribution in [0, 0.1) is 13.8 Å². The maximum absolute atomic E-state index is 12.5. The molecule has 0 aromatic carbocycles. The lowest BCUT2D eigenvalue weighted by Gasteiger charge is -2.08. The molecule has 2 heterocycles. The van der Waals surface area contributed by atoms with E-state index in [1.165, 1.54) is 4.68 Å². The van der Waals surface area contributed by atoms with E-state index in [1.807, 2.05) is 0 Å². The highest BCUT2D eigenvalue weighted by Gasteiger charge is 2.33. The molecule has 112 valence electrons. The molecule has 2 aromatic heterocycles. The summed E-state index contributed by atoms with van der Waals surface area (Å²) in [4.78, 5) is 15.7. The average molecular weight is 318 g/mol. The number of pyridine rings is 1. The van der Waals surface area contributed by atoms with Crippen LogP contribution < -0.4 is 0 Å². The molecule has 4 nitrogen and oxygen atoms in total. The fourth-order valence-electron chi connectivity index (χ4n) is 2.00. The predicted octanol–water partition coefficient (Wildman–Crippen LogP) is 3.34. The summed E-state index contributed by atoms with van der Waals surface area (Å²) < 4.78 is 39.1. The number of hydrogen-bond acceptors (Lipinski definition) is 3. The van der Waals surface area contributed by atoms with E-state index in [0.29, 0.717) is 17.0 Å². The predicted molar refractivity (Wildman–Crippen MR) is 70.4 cm³/mol. The Bertz CT molecular complexity index is 722. The van der Waals surface area contributed by atoms with Crippen molar-refractivity contribution in [1.29, 1.82) is 0 Å². The maximum Gasteiger partial charge on any atom is 0.433 e. The van der Waals surface area contributed by atoms with E-state index in [4.69, 9.17) is 11.6 Å². The van der Waals surface area contributed by atoms with E-state index < -0.39 is 22.8 Å². The van der Waals surface area contributed by atoms with Crippen molar-refractivity contribution in [2.24, 2.45) is 7.05 Å². The van der Waals surface area contributed by atoms with Gasteiger partial charge in [0.05, 0.1) is 16.8 Å². The Morgan fingerprint density at radius 1 is 1.29 bits per heavy atom. The number of rotatable bonds is 2. The van der Waals surface area contributed by atoms with Gasteiger partial charge in [-0.3, -0.25) is 9.48 Å². The lowest BCUT2D eigenvalue weighted by atomic mass is 10.0. The molecule has 21 heavy (non-hydrogen) atoms. The topological polar surface area (TPSA) is 47.8 Å². The Balaban J connectivity index is 2.50. The quantitative estimate of drug-likeness (QED) is 0.630. The molecule has 0 spiro atoms. The van der Waals surface area contributed by atoms with Gasteiger partial charge in [-0.2, -0.15) is 18.3 Å². The summed E-state index contributed by atoms with van der Waals surface area (Å²) in [7, 11) is 1.67. The van der Waals surface area contributed by atoms with Crippen LogP contribution in [0.1, 0.15) is 33.0 Å². The molecular weight excluding hydrogens is 307 g/mol. The SMILES string of the molecule is Cc1nn(C)c(C)c1C(=O)c1ccc(C(F)(F)F)nc1Cl. The summed E-state index contributed by atoms with van der Waals surface area (Å²) in [6.45, 7) is 3.34. The van der Waals surface area contributed by atoms with Gasteiger partial charge in [0.25, 0.3) is 0 Å². The third-order valence-electron chi connectivity index (χ3n) is 3.12. The van der Waals surface area contributed by atoms with Crippen molar-refractivity contribution in [3.63, 3.8) is 0 Å². The van der Waals surface area contributed by atoms with Gasteiger partial charge in [-0.15, -0.1) is 0 Å². The molecule has 0 unspecified atom stereocenters. The smallest absolute Gasteiger partial charge is 0.288 e. The first-order valence-corrected chi connectivity index (χ1v) is 6.29. The largest absolute Gasteiger partial charge is 0.433 e. The normalized spacial score (nSPS) is 11.8. The van der Waals surface area contributed by atoms with E-state index >= 15 is 0 Å².